The standard InChI is InChI=1S/C10H10ClNO3/c11-7-1-2-9(13)12-4-3-6(10(14)15)5-8(7)12/h1-2,6H,3-5H2,(H,14,15). The van der Waals surface area contributed by atoms with Gasteiger partial charge in [-0.3, -0.25) is 9.59 Å². The van der Waals surface area contributed by atoms with E-state index in [0.717, 1.165) is 0 Å². The van der Waals surface area contributed by atoms with Gasteiger partial charge in [0.05, 0.1) is 10.9 Å². The number of halogens is 1. The second-order valence-corrected chi connectivity index (χ2v) is 4.05. The summed E-state index contributed by atoms with van der Waals surface area (Å²) in [6, 6.07) is 2.94. The van der Waals surface area contributed by atoms with Crippen molar-refractivity contribution in [2.45, 2.75) is 19.4 Å². The van der Waals surface area contributed by atoms with E-state index in [-0.39, 0.29) is 5.56 Å². The molecular weight excluding hydrogens is 218 g/mol. The molecule has 2 rings (SSSR count). The number of nitrogens with zero attached hydrogens (tertiary/aromatic N) is 1. The minimum atomic E-state index is -0.825. The molecule has 0 radical (unpaired) electrons. The lowest BCUT2D eigenvalue weighted by molar-refractivity contribution is -0.142. The van der Waals surface area contributed by atoms with Gasteiger partial charge in [-0.1, -0.05) is 11.6 Å². The minimum absolute atomic E-state index is 0.113. The average molecular weight is 228 g/mol. The van der Waals surface area contributed by atoms with Gasteiger partial charge in [-0.2, -0.15) is 0 Å². The predicted molar refractivity (Wildman–Crippen MR) is 55.2 cm³/mol. The molecule has 0 saturated heterocycles. The summed E-state index contributed by atoms with van der Waals surface area (Å²) in [5.74, 6) is -1.25. The molecule has 4 nitrogen and oxygen atoms in total. The Morgan fingerprint density at radius 2 is 2.27 bits per heavy atom. The van der Waals surface area contributed by atoms with Crippen LogP contribution in [0.2, 0.25) is 5.02 Å². The Balaban J connectivity index is 2.45. The highest BCUT2D eigenvalue weighted by Crippen LogP contribution is 2.24. The van der Waals surface area contributed by atoms with Crippen molar-refractivity contribution in [2.75, 3.05) is 0 Å². The topological polar surface area (TPSA) is 59.3 Å². The molecule has 0 bridgehead atoms. The van der Waals surface area contributed by atoms with Gasteiger partial charge in [0.1, 0.15) is 0 Å². The zero-order valence-corrected chi connectivity index (χ0v) is 8.70. The molecular formula is C10H10ClNO3. The summed E-state index contributed by atoms with van der Waals surface area (Å²) in [4.78, 5) is 22.3. The number of fused-ring (bicyclic) bond motifs is 1. The Labute approximate surface area is 91.1 Å². The molecule has 1 aromatic heterocycles. The number of hydrogen-bond acceptors (Lipinski definition) is 2. The number of carboxylic acids is 1. The van der Waals surface area contributed by atoms with E-state index < -0.39 is 11.9 Å². The van der Waals surface area contributed by atoms with Crippen LogP contribution in [0.1, 0.15) is 12.1 Å². The Hall–Kier alpha value is -1.29. The summed E-state index contributed by atoms with van der Waals surface area (Å²) in [6.45, 7) is 0.436. The molecule has 0 saturated carbocycles. The smallest absolute Gasteiger partial charge is 0.306 e. The number of carboxylic acid groups (broad SMARTS) is 1. The SMILES string of the molecule is O=C(O)C1CCn2c(c(Cl)ccc2=O)C1. The molecule has 0 amide bonds. The van der Waals surface area contributed by atoms with E-state index in [2.05, 4.69) is 0 Å². The summed E-state index contributed by atoms with van der Waals surface area (Å²) >= 11 is 5.93. The van der Waals surface area contributed by atoms with Gasteiger partial charge in [0.15, 0.2) is 0 Å². The second kappa shape index (κ2) is 3.70. The van der Waals surface area contributed by atoms with E-state index in [1.54, 1.807) is 4.57 Å². The molecule has 1 aliphatic rings. The first kappa shape index (κ1) is 10.2. The second-order valence-electron chi connectivity index (χ2n) is 3.65. The van der Waals surface area contributed by atoms with E-state index >= 15 is 0 Å². The molecule has 0 spiro atoms. The van der Waals surface area contributed by atoms with Crippen molar-refractivity contribution in [3.63, 3.8) is 0 Å². The Bertz CT molecular complexity index is 466. The maximum atomic E-state index is 11.4. The summed E-state index contributed by atoms with van der Waals surface area (Å²) < 4.78 is 1.56. The van der Waals surface area contributed by atoms with Gasteiger partial charge in [0, 0.05) is 24.7 Å². The highest BCUT2D eigenvalue weighted by molar-refractivity contribution is 6.31. The third kappa shape index (κ3) is 1.77. The normalized spacial score (nSPS) is 19.7. The van der Waals surface area contributed by atoms with Crippen molar-refractivity contribution < 1.29 is 9.90 Å². The van der Waals surface area contributed by atoms with E-state index in [4.69, 9.17) is 16.7 Å². The van der Waals surface area contributed by atoms with Crippen molar-refractivity contribution in [1.29, 1.82) is 0 Å². The third-order valence-electron chi connectivity index (χ3n) is 2.73. The molecule has 1 unspecified atom stereocenters. The molecule has 1 aliphatic heterocycles. The largest absolute Gasteiger partial charge is 0.481 e. The molecule has 15 heavy (non-hydrogen) atoms. The summed E-state index contributed by atoms with van der Waals surface area (Å²) in [5, 5.41) is 9.37. The third-order valence-corrected chi connectivity index (χ3v) is 3.07. The van der Waals surface area contributed by atoms with Crippen LogP contribution < -0.4 is 5.56 Å². The van der Waals surface area contributed by atoms with Crippen molar-refractivity contribution >= 4 is 17.6 Å². The predicted octanol–water partition coefficient (Wildman–Crippen LogP) is 1.15. The van der Waals surface area contributed by atoms with E-state index in [9.17, 15) is 9.59 Å². The quantitative estimate of drug-likeness (QED) is 0.783. The first-order chi connectivity index (χ1) is 7.09. The van der Waals surface area contributed by atoms with E-state index in [1.807, 2.05) is 0 Å². The van der Waals surface area contributed by atoms with Crippen molar-refractivity contribution in [1.82, 2.24) is 4.57 Å². The van der Waals surface area contributed by atoms with Crippen LogP contribution in [0.4, 0.5) is 0 Å². The lowest BCUT2D eigenvalue weighted by Gasteiger charge is -2.23. The fourth-order valence-electron chi connectivity index (χ4n) is 1.88. The monoisotopic (exact) mass is 227 g/mol. The first-order valence-corrected chi connectivity index (χ1v) is 5.08. The molecule has 5 heteroatoms. The highest BCUT2D eigenvalue weighted by atomic mass is 35.5. The molecule has 1 atom stereocenters. The van der Waals surface area contributed by atoms with Crippen molar-refractivity contribution in [3.05, 3.63) is 33.2 Å². The Morgan fingerprint density at radius 3 is 2.93 bits per heavy atom. The van der Waals surface area contributed by atoms with Gasteiger partial charge in [0.2, 0.25) is 0 Å². The van der Waals surface area contributed by atoms with Crippen LogP contribution in [0.5, 0.6) is 0 Å². The van der Waals surface area contributed by atoms with Gasteiger partial charge in [-0.25, -0.2) is 0 Å². The summed E-state index contributed by atoms with van der Waals surface area (Å²) in [6.07, 6.45) is 0.826. The van der Waals surface area contributed by atoms with Gasteiger partial charge < -0.3 is 9.67 Å². The zero-order chi connectivity index (χ0) is 11.0. The lowest BCUT2D eigenvalue weighted by atomic mass is 9.95. The average Bonchev–Trinajstić information content (AvgIpc) is 2.23. The van der Waals surface area contributed by atoms with Gasteiger partial charge in [0.25, 0.3) is 5.56 Å². The number of carbonyl (C=O) groups is 1. The lowest BCUT2D eigenvalue weighted by Crippen LogP contribution is -2.32. The maximum absolute atomic E-state index is 11.4. The Morgan fingerprint density at radius 1 is 1.53 bits per heavy atom. The van der Waals surface area contributed by atoms with Crippen molar-refractivity contribution in [3.8, 4) is 0 Å². The fourth-order valence-corrected chi connectivity index (χ4v) is 2.12. The number of aromatic nitrogens is 1. The maximum Gasteiger partial charge on any atom is 0.306 e. The van der Waals surface area contributed by atoms with Crippen LogP contribution in [0.3, 0.4) is 0 Å². The molecule has 1 N–H and O–H groups in total. The highest BCUT2D eigenvalue weighted by Gasteiger charge is 2.26. The van der Waals surface area contributed by atoms with Crippen LogP contribution in [-0.4, -0.2) is 15.6 Å². The Kier molecular flexibility index (Phi) is 2.52. The number of aliphatic carboxylic acids is 1. The van der Waals surface area contributed by atoms with E-state index in [0.29, 0.717) is 30.1 Å². The molecule has 80 valence electrons. The van der Waals surface area contributed by atoms with Crippen LogP contribution in [0.25, 0.3) is 0 Å². The summed E-state index contributed by atoms with van der Waals surface area (Å²) in [7, 11) is 0. The van der Waals surface area contributed by atoms with Gasteiger partial charge in [-0.05, 0) is 12.5 Å². The number of hydrogen-bond donors (Lipinski definition) is 1. The molecule has 0 aromatic carbocycles. The number of rotatable bonds is 1. The van der Waals surface area contributed by atoms with Crippen molar-refractivity contribution in [2.24, 2.45) is 5.92 Å². The first-order valence-electron chi connectivity index (χ1n) is 4.70. The molecule has 1 aromatic rings. The van der Waals surface area contributed by atoms with Crippen LogP contribution in [0.15, 0.2) is 16.9 Å². The number of pyridine rings is 1. The van der Waals surface area contributed by atoms with Gasteiger partial charge >= 0.3 is 5.97 Å². The van der Waals surface area contributed by atoms with Gasteiger partial charge in [-0.15, -0.1) is 0 Å². The summed E-state index contributed by atoms with van der Waals surface area (Å²) in [5.41, 5.74) is 0.529. The fraction of sp³-hybridized carbons (Fsp3) is 0.400. The van der Waals surface area contributed by atoms with Crippen LogP contribution >= 0.6 is 11.6 Å². The molecule has 2 heterocycles. The molecule has 0 fully saturated rings. The minimum Gasteiger partial charge on any atom is -0.481 e. The van der Waals surface area contributed by atoms with E-state index in [1.165, 1.54) is 12.1 Å². The molecule has 0 aliphatic carbocycles. The van der Waals surface area contributed by atoms with Crippen LogP contribution in [-0.2, 0) is 17.8 Å². The van der Waals surface area contributed by atoms with Crippen LogP contribution in [0, 0.1) is 5.92 Å². The zero-order valence-electron chi connectivity index (χ0n) is 7.94.